The molecular weight excluding hydrogens is 320 g/mol. The van der Waals surface area contributed by atoms with Gasteiger partial charge >= 0.3 is 6.03 Å². The number of amides is 4. The highest BCUT2D eigenvalue weighted by Crippen LogP contribution is 2.16. The predicted octanol–water partition coefficient (Wildman–Crippen LogP) is 1.99. The first-order valence-electron chi connectivity index (χ1n) is 8.01. The van der Waals surface area contributed by atoms with Crippen LogP contribution < -0.4 is 5.32 Å². The number of aryl methyl sites for hydroxylation is 1. The van der Waals surface area contributed by atoms with E-state index in [1.165, 1.54) is 0 Å². The highest BCUT2D eigenvalue weighted by molar-refractivity contribution is 6.09. The molecule has 1 fully saturated rings. The summed E-state index contributed by atoms with van der Waals surface area (Å²) in [7, 11) is 0. The molecule has 0 aromatic heterocycles. The maximum atomic E-state index is 12.1. The number of benzene rings is 2. The summed E-state index contributed by atoms with van der Waals surface area (Å²) in [4.78, 5) is 35.6. The van der Waals surface area contributed by atoms with Crippen LogP contribution in [0.5, 0.6) is 5.75 Å². The van der Waals surface area contributed by atoms with Gasteiger partial charge in [0.1, 0.15) is 12.3 Å². The van der Waals surface area contributed by atoms with E-state index >= 15 is 0 Å². The SMILES string of the molecule is O=C1CN(C(=O)CCc2cccc(Cc3ccc(O)cc3)c2)C(=O)N1. The zero-order valence-electron chi connectivity index (χ0n) is 13.6. The van der Waals surface area contributed by atoms with E-state index in [0.29, 0.717) is 6.42 Å². The molecule has 1 heterocycles. The molecule has 4 amide bonds. The third-order valence-corrected chi connectivity index (χ3v) is 4.06. The summed E-state index contributed by atoms with van der Waals surface area (Å²) in [5.41, 5.74) is 3.18. The van der Waals surface area contributed by atoms with E-state index in [-0.39, 0.29) is 24.6 Å². The minimum absolute atomic E-state index is 0.170. The van der Waals surface area contributed by atoms with Gasteiger partial charge in [0.05, 0.1) is 0 Å². The van der Waals surface area contributed by atoms with Crippen LogP contribution in [-0.4, -0.2) is 34.4 Å². The summed E-state index contributed by atoms with van der Waals surface area (Å²) >= 11 is 0. The van der Waals surface area contributed by atoms with Gasteiger partial charge in [0.15, 0.2) is 0 Å². The molecule has 1 aliphatic rings. The molecule has 2 N–H and O–H groups in total. The van der Waals surface area contributed by atoms with Crippen LogP contribution in [0.3, 0.4) is 0 Å². The van der Waals surface area contributed by atoms with Gasteiger partial charge in [-0.15, -0.1) is 0 Å². The van der Waals surface area contributed by atoms with Crippen molar-refractivity contribution in [2.24, 2.45) is 0 Å². The molecule has 0 atom stereocenters. The molecule has 2 aromatic rings. The van der Waals surface area contributed by atoms with E-state index in [1.54, 1.807) is 12.1 Å². The summed E-state index contributed by atoms with van der Waals surface area (Å²) in [6, 6.07) is 14.3. The van der Waals surface area contributed by atoms with Gasteiger partial charge in [-0.1, -0.05) is 36.4 Å². The molecule has 25 heavy (non-hydrogen) atoms. The van der Waals surface area contributed by atoms with Gasteiger partial charge in [0.25, 0.3) is 0 Å². The smallest absolute Gasteiger partial charge is 0.331 e. The number of carbonyl (C=O) groups is 3. The van der Waals surface area contributed by atoms with Gasteiger partial charge in [-0.3, -0.25) is 19.8 Å². The van der Waals surface area contributed by atoms with Crippen molar-refractivity contribution in [1.82, 2.24) is 10.2 Å². The van der Waals surface area contributed by atoms with Gasteiger partial charge < -0.3 is 5.11 Å². The average Bonchev–Trinajstić information content (AvgIpc) is 2.94. The van der Waals surface area contributed by atoms with Crippen molar-refractivity contribution < 1.29 is 19.5 Å². The van der Waals surface area contributed by atoms with Crippen LogP contribution >= 0.6 is 0 Å². The van der Waals surface area contributed by atoms with Crippen molar-refractivity contribution in [3.05, 3.63) is 65.2 Å². The van der Waals surface area contributed by atoms with E-state index < -0.39 is 11.9 Å². The Morgan fingerprint density at radius 1 is 1.04 bits per heavy atom. The van der Waals surface area contributed by atoms with Gasteiger partial charge in [0, 0.05) is 6.42 Å². The van der Waals surface area contributed by atoms with Crippen LogP contribution in [0.4, 0.5) is 4.79 Å². The molecule has 6 nitrogen and oxygen atoms in total. The second kappa shape index (κ2) is 7.17. The van der Waals surface area contributed by atoms with Crippen LogP contribution in [0.25, 0.3) is 0 Å². The number of hydrogen-bond donors (Lipinski definition) is 2. The lowest BCUT2D eigenvalue weighted by atomic mass is 10.0. The molecule has 0 saturated carbocycles. The van der Waals surface area contributed by atoms with Crippen molar-refractivity contribution in [3.63, 3.8) is 0 Å². The Morgan fingerprint density at radius 3 is 2.44 bits per heavy atom. The van der Waals surface area contributed by atoms with Crippen molar-refractivity contribution in [2.45, 2.75) is 19.3 Å². The number of phenolic OH excluding ortho intramolecular Hbond substituents is 1. The minimum atomic E-state index is -0.643. The van der Waals surface area contributed by atoms with Crippen LogP contribution in [-0.2, 0) is 22.4 Å². The minimum Gasteiger partial charge on any atom is -0.508 e. The van der Waals surface area contributed by atoms with Crippen LogP contribution in [0.15, 0.2) is 48.5 Å². The summed E-state index contributed by atoms with van der Waals surface area (Å²) in [6.45, 7) is -0.196. The Bertz CT molecular complexity index is 814. The van der Waals surface area contributed by atoms with Crippen LogP contribution in [0.2, 0.25) is 0 Å². The van der Waals surface area contributed by atoms with Crippen molar-refractivity contribution >= 4 is 17.8 Å². The Hall–Kier alpha value is -3.15. The second-order valence-electron chi connectivity index (χ2n) is 6.00. The normalized spacial score (nSPS) is 13.8. The van der Waals surface area contributed by atoms with E-state index in [2.05, 4.69) is 5.32 Å². The predicted molar refractivity (Wildman–Crippen MR) is 90.9 cm³/mol. The number of hydrogen-bond acceptors (Lipinski definition) is 4. The fourth-order valence-electron chi connectivity index (χ4n) is 2.77. The van der Waals surface area contributed by atoms with Gasteiger partial charge in [0.2, 0.25) is 11.8 Å². The third kappa shape index (κ3) is 4.23. The summed E-state index contributed by atoms with van der Waals surface area (Å²) in [5.74, 6) is -0.568. The molecule has 6 heteroatoms. The Kier molecular flexibility index (Phi) is 4.79. The summed E-state index contributed by atoms with van der Waals surface area (Å²) in [5, 5.41) is 11.4. The summed E-state index contributed by atoms with van der Waals surface area (Å²) in [6.07, 6.45) is 1.40. The maximum absolute atomic E-state index is 12.1. The van der Waals surface area contributed by atoms with E-state index in [9.17, 15) is 19.5 Å². The molecule has 0 unspecified atom stereocenters. The lowest BCUT2D eigenvalue weighted by molar-refractivity contribution is -0.130. The number of aromatic hydroxyl groups is 1. The third-order valence-electron chi connectivity index (χ3n) is 4.06. The number of rotatable bonds is 5. The quantitative estimate of drug-likeness (QED) is 0.816. The van der Waals surface area contributed by atoms with Crippen molar-refractivity contribution in [1.29, 1.82) is 0 Å². The molecule has 1 saturated heterocycles. The standard InChI is InChI=1S/C19H18N2O4/c22-16-7-4-14(5-8-16)11-15-3-1-2-13(10-15)6-9-18(24)21-12-17(23)20-19(21)25/h1-5,7-8,10,22H,6,9,11-12H2,(H,20,23,25). The number of nitrogens with zero attached hydrogens (tertiary/aromatic N) is 1. The highest BCUT2D eigenvalue weighted by Gasteiger charge is 2.31. The number of carbonyl (C=O) groups excluding carboxylic acids is 3. The molecule has 0 radical (unpaired) electrons. The molecular formula is C19H18N2O4. The zero-order chi connectivity index (χ0) is 17.8. The second-order valence-corrected chi connectivity index (χ2v) is 6.00. The first-order valence-corrected chi connectivity index (χ1v) is 8.01. The summed E-state index contributed by atoms with van der Waals surface area (Å²) < 4.78 is 0. The van der Waals surface area contributed by atoms with Gasteiger partial charge in [-0.25, -0.2) is 4.79 Å². The number of imide groups is 2. The molecule has 2 aromatic carbocycles. The largest absolute Gasteiger partial charge is 0.508 e. The van der Waals surface area contributed by atoms with Crippen molar-refractivity contribution in [3.8, 4) is 5.75 Å². The van der Waals surface area contributed by atoms with Gasteiger partial charge in [-0.05, 0) is 41.7 Å². The molecule has 0 spiro atoms. The molecule has 0 bridgehead atoms. The topological polar surface area (TPSA) is 86.7 Å². The Labute approximate surface area is 145 Å². The number of phenols is 1. The fourth-order valence-corrected chi connectivity index (χ4v) is 2.77. The first-order chi connectivity index (χ1) is 12.0. The average molecular weight is 338 g/mol. The van der Waals surface area contributed by atoms with E-state index in [1.807, 2.05) is 36.4 Å². The van der Waals surface area contributed by atoms with E-state index in [4.69, 9.17) is 0 Å². The number of urea groups is 1. The Morgan fingerprint density at radius 2 is 1.76 bits per heavy atom. The molecule has 0 aliphatic carbocycles. The lowest BCUT2D eigenvalue weighted by Crippen LogP contribution is -2.34. The first kappa shape index (κ1) is 16.7. The van der Waals surface area contributed by atoms with Crippen LogP contribution in [0.1, 0.15) is 23.1 Å². The van der Waals surface area contributed by atoms with E-state index in [0.717, 1.165) is 28.0 Å². The fraction of sp³-hybridized carbons (Fsp3) is 0.211. The van der Waals surface area contributed by atoms with Crippen molar-refractivity contribution in [2.75, 3.05) is 6.54 Å². The molecule has 3 rings (SSSR count). The highest BCUT2D eigenvalue weighted by atomic mass is 16.3. The van der Waals surface area contributed by atoms with Gasteiger partial charge in [-0.2, -0.15) is 0 Å². The lowest BCUT2D eigenvalue weighted by Gasteiger charge is -2.11. The zero-order valence-corrected chi connectivity index (χ0v) is 13.6. The monoisotopic (exact) mass is 338 g/mol. The number of nitrogens with one attached hydrogen (secondary N) is 1. The Balaban J connectivity index is 1.60. The molecule has 1 aliphatic heterocycles. The van der Waals surface area contributed by atoms with Crippen LogP contribution in [0, 0.1) is 0 Å². The maximum Gasteiger partial charge on any atom is 0.331 e. The molecule has 128 valence electrons.